The molecule has 10 heteroatoms. The molecule has 150 valence electrons. The minimum Gasteiger partial charge on any atom is -0.449 e. The highest BCUT2D eigenvalue weighted by molar-refractivity contribution is 6.32. The zero-order valence-electron chi connectivity index (χ0n) is 14.2. The monoisotopic (exact) mass is 397 g/mol. The van der Waals surface area contributed by atoms with E-state index < -0.39 is 42.4 Å². The van der Waals surface area contributed by atoms with Crippen LogP contribution in [0.15, 0.2) is 24.3 Å². The van der Waals surface area contributed by atoms with Crippen LogP contribution in [0.25, 0.3) is 0 Å². The molecular weight excluding hydrogens is 380 g/mol. The minimum atomic E-state index is -4.79. The summed E-state index contributed by atoms with van der Waals surface area (Å²) >= 11 is 0. The lowest BCUT2D eigenvalue weighted by Gasteiger charge is -2.38. The Morgan fingerprint density at radius 3 is 2.41 bits per heavy atom. The molecule has 0 saturated carbocycles. The summed E-state index contributed by atoms with van der Waals surface area (Å²) in [7, 11) is 0. The molecule has 0 bridgehead atoms. The van der Waals surface area contributed by atoms with E-state index in [0.717, 1.165) is 17.0 Å². The van der Waals surface area contributed by atoms with Crippen LogP contribution in [-0.4, -0.2) is 36.1 Å². The molecule has 0 N–H and O–H groups in total. The van der Waals surface area contributed by atoms with Crippen molar-refractivity contribution in [1.29, 1.82) is 0 Å². The van der Waals surface area contributed by atoms with Crippen molar-refractivity contribution < 1.29 is 40.7 Å². The number of nitrogens with zero attached hydrogens (tertiary/aromatic N) is 1. The van der Waals surface area contributed by atoms with Crippen LogP contribution in [0.3, 0.4) is 0 Å². The van der Waals surface area contributed by atoms with Crippen molar-refractivity contribution in [2.24, 2.45) is 5.92 Å². The maximum absolute atomic E-state index is 12.9. The number of amides is 1. The summed E-state index contributed by atoms with van der Waals surface area (Å²) in [5.74, 6) is -3.04. The van der Waals surface area contributed by atoms with Gasteiger partial charge in [-0.2, -0.15) is 26.3 Å². The van der Waals surface area contributed by atoms with Crippen LogP contribution in [-0.2, 0) is 20.5 Å². The van der Waals surface area contributed by atoms with Crippen molar-refractivity contribution in [2.75, 3.05) is 13.2 Å². The lowest BCUT2D eigenvalue weighted by Crippen LogP contribution is -2.45. The molecular formula is C17H17F6NO3. The average Bonchev–Trinajstić information content (AvgIpc) is 2.57. The van der Waals surface area contributed by atoms with Crippen molar-refractivity contribution in [3.05, 3.63) is 35.4 Å². The van der Waals surface area contributed by atoms with E-state index in [-0.39, 0.29) is 24.4 Å². The fourth-order valence-electron chi connectivity index (χ4n) is 2.97. The summed E-state index contributed by atoms with van der Waals surface area (Å²) in [5.41, 5.74) is -0.751. The van der Waals surface area contributed by atoms with Crippen LogP contribution >= 0.6 is 0 Å². The Morgan fingerprint density at radius 1 is 1.15 bits per heavy atom. The van der Waals surface area contributed by atoms with Gasteiger partial charge in [0.05, 0.1) is 11.6 Å². The molecule has 1 aromatic carbocycles. The SMILES string of the molecule is C[C@H]1CC[C@H](c2cccc(C(F)(F)F)c2)N(C(=O)C(=O)OCC(F)(F)F)C1. The van der Waals surface area contributed by atoms with E-state index in [1.54, 1.807) is 6.92 Å². The Balaban J connectivity index is 2.24. The molecule has 0 spiro atoms. The number of hydrogen-bond acceptors (Lipinski definition) is 3. The van der Waals surface area contributed by atoms with E-state index >= 15 is 0 Å². The third-order valence-corrected chi connectivity index (χ3v) is 4.22. The average molecular weight is 397 g/mol. The molecule has 2 atom stereocenters. The van der Waals surface area contributed by atoms with Gasteiger partial charge >= 0.3 is 24.2 Å². The quantitative estimate of drug-likeness (QED) is 0.429. The van der Waals surface area contributed by atoms with Gasteiger partial charge in [0, 0.05) is 6.54 Å². The summed E-state index contributed by atoms with van der Waals surface area (Å²) in [4.78, 5) is 25.0. The molecule has 1 aliphatic heterocycles. The van der Waals surface area contributed by atoms with E-state index in [1.165, 1.54) is 12.1 Å². The van der Waals surface area contributed by atoms with Crippen molar-refractivity contribution in [3.8, 4) is 0 Å². The maximum Gasteiger partial charge on any atom is 0.422 e. The van der Waals surface area contributed by atoms with Gasteiger partial charge in [0.2, 0.25) is 0 Å². The largest absolute Gasteiger partial charge is 0.449 e. The number of carbonyl (C=O) groups is 2. The van der Waals surface area contributed by atoms with Gasteiger partial charge in [0.25, 0.3) is 0 Å². The number of alkyl halides is 6. The number of likely N-dealkylation sites (tertiary alicyclic amines) is 1. The first-order valence-corrected chi connectivity index (χ1v) is 8.10. The van der Waals surface area contributed by atoms with Crippen LogP contribution in [0, 0.1) is 5.92 Å². The molecule has 1 aromatic rings. The molecule has 1 amide bonds. The molecule has 1 fully saturated rings. The van der Waals surface area contributed by atoms with Gasteiger partial charge in [-0.25, -0.2) is 4.79 Å². The van der Waals surface area contributed by atoms with Gasteiger partial charge in [-0.15, -0.1) is 0 Å². The summed E-state index contributed by atoms with van der Waals surface area (Å²) in [5, 5.41) is 0. The van der Waals surface area contributed by atoms with Crippen molar-refractivity contribution in [1.82, 2.24) is 4.90 Å². The first-order chi connectivity index (χ1) is 12.4. The lowest BCUT2D eigenvalue weighted by atomic mass is 9.89. The molecule has 1 saturated heterocycles. The van der Waals surface area contributed by atoms with Crippen LogP contribution in [0.4, 0.5) is 26.3 Å². The molecule has 0 unspecified atom stereocenters. The number of halogens is 6. The standard InChI is InChI=1S/C17H17F6NO3/c1-10-5-6-13(11-3-2-4-12(7-11)17(21,22)23)24(8-10)14(25)15(26)27-9-16(18,19)20/h2-4,7,10,13H,5-6,8-9H2,1H3/t10-,13+/m0/s1. The second kappa shape index (κ2) is 7.77. The Bertz CT molecular complexity index is 701. The minimum absolute atomic E-state index is 0.0286. The van der Waals surface area contributed by atoms with Crippen molar-refractivity contribution in [2.45, 2.75) is 38.2 Å². The normalized spacial score (nSPS) is 21.1. The fourth-order valence-corrected chi connectivity index (χ4v) is 2.97. The Morgan fingerprint density at radius 2 is 1.81 bits per heavy atom. The topological polar surface area (TPSA) is 46.6 Å². The second-order valence-corrected chi connectivity index (χ2v) is 6.47. The third-order valence-electron chi connectivity index (χ3n) is 4.22. The Hall–Kier alpha value is -2.26. The van der Waals surface area contributed by atoms with E-state index in [9.17, 15) is 35.9 Å². The number of ether oxygens (including phenoxy) is 1. The van der Waals surface area contributed by atoms with Gasteiger partial charge in [0.1, 0.15) is 0 Å². The number of rotatable bonds is 2. The van der Waals surface area contributed by atoms with Crippen molar-refractivity contribution in [3.63, 3.8) is 0 Å². The molecule has 1 aliphatic rings. The summed E-state index contributed by atoms with van der Waals surface area (Å²) in [6.07, 6.45) is -8.51. The highest BCUT2D eigenvalue weighted by atomic mass is 19.4. The summed E-state index contributed by atoms with van der Waals surface area (Å²) < 4.78 is 79.3. The zero-order chi connectivity index (χ0) is 20.4. The molecule has 0 aromatic heterocycles. The number of benzene rings is 1. The number of carbonyl (C=O) groups excluding carboxylic acids is 2. The predicted molar refractivity (Wildman–Crippen MR) is 81.3 cm³/mol. The summed E-state index contributed by atoms with van der Waals surface area (Å²) in [6.45, 7) is -0.111. The Labute approximate surface area is 151 Å². The lowest BCUT2D eigenvalue weighted by molar-refractivity contribution is -0.190. The zero-order valence-corrected chi connectivity index (χ0v) is 14.2. The van der Waals surface area contributed by atoms with Gasteiger partial charge in [-0.05, 0) is 36.5 Å². The highest BCUT2D eigenvalue weighted by Gasteiger charge is 2.38. The summed E-state index contributed by atoms with van der Waals surface area (Å²) in [6, 6.07) is 3.47. The molecule has 27 heavy (non-hydrogen) atoms. The highest BCUT2D eigenvalue weighted by Crippen LogP contribution is 2.36. The van der Waals surface area contributed by atoms with Crippen LogP contribution in [0.2, 0.25) is 0 Å². The first kappa shape index (κ1) is 21.0. The number of hydrogen-bond donors (Lipinski definition) is 0. The van der Waals surface area contributed by atoms with Gasteiger partial charge in [0.15, 0.2) is 6.61 Å². The number of piperidine rings is 1. The molecule has 4 nitrogen and oxygen atoms in total. The molecule has 2 rings (SSSR count). The van der Waals surface area contributed by atoms with Gasteiger partial charge in [-0.1, -0.05) is 19.1 Å². The first-order valence-electron chi connectivity index (χ1n) is 8.10. The van der Waals surface area contributed by atoms with Gasteiger partial charge < -0.3 is 9.64 Å². The van der Waals surface area contributed by atoms with Crippen LogP contribution in [0.5, 0.6) is 0 Å². The maximum atomic E-state index is 12.9. The van der Waals surface area contributed by atoms with E-state index in [0.29, 0.717) is 6.42 Å². The molecule has 0 radical (unpaired) electrons. The molecule has 0 aliphatic carbocycles. The molecule has 1 heterocycles. The third kappa shape index (κ3) is 5.61. The van der Waals surface area contributed by atoms with Crippen molar-refractivity contribution >= 4 is 11.9 Å². The van der Waals surface area contributed by atoms with Crippen LogP contribution < -0.4 is 0 Å². The van der Waals surface area contributed by atoms with Crippen LogP contribution in [0.1, 0.15) is 36.9 Å². The van der Waals surface area contributed by atoms with Gasteiger partial charge in [-0.3, -0.25) is 4.79 Å². The van der Waals surface area contributed by atoms with E-state index in [2.05, 4.69) is 4.74 Å². The fraction of sp³-hybridized carbons (Fsp3) is 0.529. The Kier molecular flexibility index (Phi) is 6.06. The van der Waals surface area contributed by atoms with E-state index in [4.69, 9.17) is 0 Å². The smallest absolute Gasteiger partial charge is 0.422 e. The van der Waals surface area contributed by atoms with E-state index in [1.807, 2.05) is 0 Å². The predicted octanol–water partition coefficient (Wildman–Crippen LogP) is 4.11. The second-order valence-electron chi connectivity index (χ2n) is 6.47. The number of esters is 1.